The van der Waals surface area contributed by atoms with Crippen LogP contribution in [0.5, 0.6) is 0 Å². The second kappa shape index (κ2) is 6.23. The molecule has 6 heteroatoms. The van der Waals surface area contributed by atoms with Crippen LogP contribution in [0.2, 0.25) is 0 Å². The number of nitrogens with zero attached hydrogens (tertiary/aromatic N) is 1. The first-order chi connectivity index (χ1) is 8.69. The van der Waals surface area contributed by atoms with Gasteiger partial charge in [0.15, 0.2) is 5.13 Å². The SMILES string of the molecule is CC(C)CNc1nc(N)c(C(=O)NCC(C)(C)C)s1. The summed E-state index contributed by atoms with van der Waals surface area (Å²) in [5, 5.41) is 6.76. The van der Waals surface area contributed by atoms with E-state index in [4.69, 9.17) is 5.73 Å². The first-order valence-electron chi connectivity index (χ1n) is 6.47. The number of carbonyl (C=O) groups excluding carboxylic acids is 1. The number of rotatable bonds is 5. The van der Waals surface area contributed by atoms with E-state index in [1.54, 1.807) is 0 Å². The second-order valence-electron chi connectivity index (χ2n) is 6.25. The number of anilines is 2. The molecule has 1 amide bonds. The molecule has 108 valence electrons. The average molecular weight is 284 g/mol. The Morgan fingerprint density at radius 2 is 2.05 bits per heavy atom. The van der Waals surface area contributed by atoms with E-state index in [0.717, 1.165) is 6.54 Å². The van der Waals surface area contributed by atoms with Gasteiger partial charge >= 0.3 is 0 Å². The van der Waals surface area contributed by atoms with E-state index in [-0.39, 0.29) is 11.3 Å². The zero-order valence-corrected chi connectivity index (χ0v) is 13.1. The summed E-state index contributed by atoms with van der Waals surface area (Å²) in [5.74, 6) is 0.661. The molecule has 0 spiro atoms. The molecule has 1 rings (SSSR count). The van der Waals surface area contributed by atoms with E-state index in [1.807, 2.05) is 0 Å². The molecule has 1 aromatic rings. The number of aromatic nitrogens is 1. The molecule has 0 saturated heterocycles. The number of nitrogen functional groups attached to an aromatic ring is 1. The van der Waals surface area contributed by atoms with Gasteiger partial charge in [-0.2, -0.15) is 0 Å². The number of thiazole rings is 1. The lowest BCUT2D eigenvalue weighted by atomic mass is 9.97. The van der Waals surface area contributed by atoms with Crippen molar-refractivity contribution >= 4 is 28.2 Å². The maximum absolute atomic E-state index is 12.0. The van der Waals surface area contributed by atoms with Crippen LogP contribution in [0.15, 0.2) is 0 Å². The minimum absolute atomic E-state index is 0.0494. The van der Waals surface area contributed by atoms with Crippen molar-refractivity contribution in [3.05, 3.63) is 4.88 Å². The van der Waals surface area contributed by atoms with Crippen molar-refractivity contribution in [3.8, 4) is 0 Å². The molecule has 4 N–H and O–H groups in total. The summed E-state index contributed by atoms with van der Waals surface area (Å²) in [5.41, 5.74) is 5.84. The average Bonchev–Trinajstić information content (AvgIpc) is 2.64. The summed E-state index contributed by atoms with van der Waals surface area (Å²) in [6.07, 6.45) is 0. The Balaban J connectivity index is 2.65. The smallest absolute Gasteiger partial charge is 0.265 e. The van der Waals surface area contributed by atoms with Gasteiger partial charge in [0, 0.05) is 13.1 Å². The minimum Gasteiger partial charge on any atom is -0.382 e. The number of hydrogen-bond acceptors (Lipinski definition) is 5. The molecule has 0 radical (unpaired) electrons. The molecule has 1 aromatic heterocycles. The Morgan fingerprint density at radius 1 is 1.42 bits per heavy atom. The zero-order valence-electron chi connectivity index (χ0n) is 12.3. The van der Waals surface area contributed by atoms with Gasteiger partial charge in [-0.1, -0.05) is 46.0 Å². The van der Waals surface area contributed by atoms with Crippen LogP contribution in [-0.2, 0) is 0 Å². The van der Waals surface area contributed by atoms with Crippen LogP contribution in [0.4, 0.5) is 10.9 Å². The van der Waals surface area contributed by atoms with Crippen LogP contribution in [0.3, 0.4) is 0 Å². The number of nitrogens with one attached hydrogen (secondary N) is 2. The normalized spacial score (nSPS) is 11.7. The Morgan fingerprint density at radius 3 is 2.58 bits per heavy atom. The molecular formula is C13H24N4OS. The van der Waals surface area contributed by atoms with E-state index in [9.17, 15) is 4.79 Å². The molecule has 0 unspecified atom stereocenters. The van der Waals surface area contributed by atoms with Gasteiger partial charge < -0.3 is 16.4 Å². The molecule has 0 bridgehead atoms. The highest BCUT2D eigenvalue weighted by Crippen LogP contribution is 2.25. The number of nitrogens with two attached hydrogens (primary N) is 1. The van der Waals surface area contributed by atoms with E-state index in [2.05, 4.69) is 50.2 Å². The Bertz CT molecular complexity index is 434. The Kier molecular flexibility index (Phi) is 5.17. The van der Waals surface area contributed by atoms with E-state index in [1.165, 1.54) is 11.3 Å². The molecule has 0 saturated carbocycles. The van der Waals surface area contributed by atoms with Gasteiger partial charge in [-0.25, -0.2) is 4.98 Å². The molecule has 5 nitrogen and oxygen atoms in total. The fourth-order valence-electron chi connectivity index (χ4n) is 1.29. The van der Waals surface area contributed by atoms with Crippen LogP contribution in [0.1, 0.15) is 44.3 Å². The van der Waals surface area contributed by atoms with Gasteiger partial charge in [-0.15, -0.1) is 0 Å². The lowest BCUT2D eigenvalue weighted by Crippen LogP contribution is -2.32. The summed E-state index contributed by atoms with van der Waals surface area (Å²) < 4.78 is 0. The monoisotopic (exact) mass is 284 g/mol. The first kappa shape index (κ1) is 15.8. The molecule has 0 aromatic carbocycles. The molecule has 1 heterocycles. The molecule has 0 aliphatic carbocycles. The molecule has 0 atom stereocenters. The first-order valence-corrected chi connectivity index (χ1v) is 7.29. The Labute approximate surface area is 119 Å². The third-order valence-electron chi connectivity index (χ3n) is 2.30. The minimum atomic E-state index is -0.150. The van der Waals surface area contributed by atoms with Crippen LogP contribution < -0.4 is 16.4 Å². The maximum Gasteiger partial charge on any atom is 0.265 e. The highest BCUT2D eigenvalue weighted by molar-refractivity contribution is 7.18. The number of hydrogen-bond donors (Lipinski definition) is 3. The standard InChI is InChI=1S/C13H24N4OS/c1-8(2)6-15-12-17-10(14)9(19-12)11(18)16-7-13(3,4)5/h8H,6-7,14H2,1-5H3,(H,15,17)(H,16,18). The predicted molar refractivity (Wildman–Crippen MR) is 81.6 cm³/mol. The topological polar surface area (TPSA) is 80.0 Å². The van der Waals surface area contributed by atoms with Crippen molar-refractivity contribution in [1.29, 1.82) is 0 Å². The van der Waals surface area contributed by atoms with Crippen LogP contribution in [-0.4, -0.2) is 24.0 Å². The third-order valence-corrected chi connectivity index (χ3v) is 3.33. The summed E-state index contributed by atoms with van der Waals surface area (Å²) in [6, 6.07) is 0. The van der Waals surface area contributed by atoms with E-state index < -0.39 is 0 Å². The van der Waals surface area contributed by atoms with Crippen molar-refractivity contribution < 1.29 is 4.79 Å². The fraction of sp³-hybridized carbons (Fsp3) is 0.692. The van der Waals surface area contributed by atoms with E-state index in [0.29, 0.717) is 28.3 Å². The van der Waals surface area contributed by atoms with Gasteiger partial charge in [0.2, 0.25) is 0 Å². The number of amides is 1. The van der Waals surface area contributed by atoms with Crippen LogP contribution in [0.25, 0.3) is 0 Å². The lowest BCUT2D eigenvalue weighted by molar-refractivity contribution is 0.0944. The Hall–Kier alpha value is -1.30. The molecular weight excluding hydrogens is 260 g/mol. The molecule has 0 fully saturated rings. The fourth-order valence-corrected chi connectivity index (χ4v) is 2.10. The van der Waals surface area contributed by atoms with Crippen molar-refractivity contribution in [1.82, 2.24) is 10.3 Å². The second-order valence-corrected chi connectivity index (χ2v) is 7.25. The molecule has 0 aliphatic rings. The predicted octanol–water partition coefficient (Wildman–Crippen LogP) is 2.57. The van der Waals surface area contributed by atoms with Crippen LogP contribution in [0, 0.1) is 11.3 Å². The summed E-state index contributed by atoms with van der Waals surface area (Å²) >= 11 is 1.30. The lowest BCUT2D eigenvalue weighted by Gasteiger charge is -2.18. The molecule has 0 aliphatic heterocycles. The van der Waals surface area contributed by atoms with Crippen LogP contribution >= 0.6 is 11.3 Å². The quantitative estimate of drug-likeness (QED) is 0.776. The number of carbonyl (C=O) groups is 1. The van der Waals surface area contributed by atoms with Gasteiger partial charge in [0.25, 0.3) is 5.91 Å². The van der Waals surface area contributed by atoms with E-state index >= 15 is 0 Å². The van der Waals surface area contributed by atoms with Crippen molar-refractivity contribution in [3.63, 3.8) is 0 Å². The maximum atomic E-state index is 12.0. The highest BCUT2D eigenvalue weighted by Gasteiger charge is 2.18. The summed E-state index contributed by atoms with van der Waals surface area (Å²) in [6.45, 7) is 11.9. The third kappa shape index (κ3) is 5.46. The van der Waals surface area contributed by atoms with Gasteiger partial charge in [0.1, 0.15) is 10.7 Å². The summed E-state index contributed by atoms with van der Waals surface area (Å²) in [4.78, 5) is 16.7. The van der Waals surface area contributed by atoms with Gasteiger partial charge in [-0.05, 0) is 11.3 Å². The highest BCUT2D eigenvalue weighted by atomic mass is 32.1. The van der Waals surface area contributed by atoms with Crippen molar-refractivity contribution in [2.45, 2.75) is 34.6 Å². The van der Waals surface area contributed by atoms with Gasteiger partial charge in [-0.3, -0.25) is 4.79 Å². The summed E-state index contributed by atoms with van der Waals surface area (Å²) in [7, 11) is 0. The van der Waals surface area contributed by atoms with Crippen molar-refractivity contribution in [2.75, 3.05) is 24.1 Å². The molecule has 19 heavy (non-hydrogen) atoms. The van der Waals surface area contributed by atoms with Gasteiger partial charge in [0.05, 0.1) is 0 Å². The zero-order chi connectivity index (χ0) is 14.6. The van der Waals surface area contributed by atoms with Crippen molar-refractivity contribution in [2.24, 2.45) is 11.3 Å². The largest absolute Gasteiger partial charge is 0.382 e.